The van der Waals surface area contributed by atoms with Gasteiger partial charge in [-0.3, -0.25) is 9.59 Å². The van der Waals surface area contributed by atoms with Gasteiger partial charge in [-0.2, -0.15) is 0 Å². The summed E-state index contributed by atoms with van der Waals surface area (Å²) in [4.78, 5) is 31.0. The number of carbonyl (C=O) groups excluding carboxylic acids is 2. The van der Waals surface area contributed by atoms with Gasteiger partial charge in [0, 0.05) is 22.4 Å². The summed E-state index contributed by atoms with van der Waals surface area (Å²) < 4.78 is 13.3. The molecule has 204 valence electrons. The maximum Gasteiger partial charge on any atom is 0.178 e. The zero-order valence-corrected chi connectivity index (χ0v) is 23.6. The van der Waals surface area contributed by atoms with Crippen molar-refractivity contribution in [2.24, 2.45) is 28.6 Å². The van der Waals surface area contributed by atoms with E-state index in [0.29, 0.717) is 6.42 Å². The lowest BCUT2D eigenvalue weighted by molar-refractivity contribution is -0.197. The van der Waals surface area contributed by atoms with Gasteiger partial charge in [0.2, 0.25) is 0 Å². The molecule has 3 saturated carbocycles. The van der Waals surface area contributed by atoms with Gasteiger partial charge in [0.25, 0.3) is 0 Å². The molecule has 1 N–H and O–H groups in total. The van der Waals surface area contributed by atoms with Crippen LogP contribution >= 0.6 is 11.8 Å². The van der Waals surface area contributed by atoms with Gasteiger partial charge in [0.15, 0.2) is 23.5 Å². The number of Topliss-reactive ketones (excluding diaryl/α,β-unsaturated/α-hetero) is 1. The van der Waals surface area contributed by atoms with Crippen LogP contribution in [0.4, 0.5) is 0 Å². The molecule has 1 saturated heterocycles. The fraction of sp³-hybridized carbons (Fsp3) is 0.645. The highest BCUT2D eigenvalue weighted by molar-refractivity contribution is 7.99. The molecule has 0 spiro atoms. The van der Waals surface area contributed by atoms with E-state index in [-0.39, 0.29) is 46.6 Å². The van der Waals surface area contributed by atoms with Crippen molar-refractivity contribution in [3.05, 3.63) is 47.7 Å². The molecular weight excluding hydrogens is 498 g/mol. The molecule has 5 aliphatic rings. The van der Waals surface area contributed by atoms with E-state index in [1.54, 1.807) is 12.2 Å². The standard InChI is InChI=1S/C31H39NO5S/c1-5-7-27-36-25-15-22-21-11-10-19-14-20(33)12-13-29(19,3)28(21)23(34)16-30(22,4)31(25,37-27)24(35)17-38-26-9-6-8-18(2)32-26/h6,8-9,12-14,21-23,25,27-28,34H,5,7,10-11,15-17H2,1-4H3/t21?,22?,23-,25+,27+,28?,29?,30?,31+/m0/s1. The minimum atomic E-state index is -1.07. The van der Waals surface area contributed by atoms with E-state index in [2.05, 4.69) is 25.8 Å². The van der Waals surface area contributed by atoms with Crippen LogP contribution in [0, 0.1) is 35.5 Å². The molecule has 0 amide bonds. The average molecular weight is 538 g/mol. The van der Waals surface area contributed by atoms with Crippen LogP contribution < -0.4 is 0 Å². The molecule has 0 bridgehead atoms. The Morgan fingerprint density at radius 1 is 1.29 bits per heavy atom. The molecule has 9 atom stereocenters. The lowest BCUT2D eigenvalue weighted by Gasteiger charge is -2.59. The van der Waals surface area contributed by atoms with Crippen LogP contribution in [0.15, 0.2) is 47.0 Å². The number of allylic oxidation sites excluding steroid dienone is 4. The highest BCUT2D eigenvalue weighted by atomic mass is 32.2. The summed E-state index contributed by atoms with van der Waals surface area (Å²) in [6, 6.07) is 5.86. The number of fused-ring (bicyclic) bond motifs is 7. The molecule has 6 rings (SSSR count). The molecule has 0 aromatic carbocycles. The van der Waals surface area contributed by atoms with E-state index >= 15 is 0 Å². The molecule has 6 nitrogen and oxygen atoms in total. The Morgan fingerprint density at radius 2 is 2.11 bits per heavy atom. The van der Waals surface area contributed by atoms with Crippen molar-refractivity contribution in [3.8, 4) is 0 Å². The number of carbonyl (C=O) groups is 2. The van der Waals surface area contributed by atoms with E-state index in [1.165, 1.54) is 11.8 Å². The third-order valence-electron chi connectivity index (χ3n) is 10.4. The molecule has 1 aliphatic heterocycles. The van der Waals surface area contributed by atoms with Gasteiger partial charge in [0.1, 0.15) is 0 Å². The van der Waals surface area contributed by atoms with Crippen molar-refractivity contribution in [2.45, 2.75) is 95.3 Å². The Labute approximate surface area is 229 Å². The Kier molecular flexibility index (Phi) is 6.53. The maximum absolute atomic E-state index is 14.3. The highest BCUT2D eigenvalue weighted by Crippen LogP contribution is 2.69. The van der Waals surface area contributed by atoms with Gasteiger partial charge in [-0.05, 0) is 75.1 Å². The van der Waals surface area contributed by atoms with Gasteiger partial charge in [-0.1, -0.05) is 56.7 Å². The Balaban J connectivity index is 1.35. The second-order valence-corrected chi connectivity index (χ2v) is 13.5. The molecule has 38 heavy (non-hydrogen) atoms. The van der Waals surface area contributed by atoms with Crippen LogP contribution in [-0.2, 0) is 19.1 Å². The number of ether oxygens (including phenoxy) is 2. The van der Waals surface area contributed by atoms with Crippen LogP contribution in [-0.4, -0.2) is 51.5 Å². The lowest BCUT2D eigenvalue weighted by atomic mass is 9.46. The van der Waals surface area contributed by atoms with E-state index in [1.807, 2.05) is 31.2 Å². The summed E-state index contributed by atoms with van der Waals surface area (Å²) >= 11 is 1.46. The van der Waals surface area contributed by atoms with E-state index < -0.39 is 23.4 Å². The summed E-state index contributed by atoms with van der Waals surface area (Å²) in [7, 11) is 0. The Bertz CT molecular complexity index is 1210. The topological polar surface area (TPSA) is 85.7 Å². The molecule has 2 heterocycles. The molecule has 7 heteroatoms. The number of ketones is 2. The normalized spacial score (nSPS) is 43.2. The predicted octanol–water partition coefficient (Wildman–Crippen LogP) is 5.22. The number of pyridine rings is 1. The van der Waals surface area contributed by atoms with Crippen molar-refractivity contribution in [1.29, 1.82) is 0 Å². The first kappa shape index (κ1) is 26.4. The highest BCUT2D eigenvalue weighted by Gasteiger charge is 2.75. The largest absolute Gasteiger partial charge is 0.393 e. The van der Waals surface area contributed by atoms with Gasteiger partial charge >= 0.3 is 0 Å². The summed E-state index contributed by atoms with van der Waals surface area (Å²) in [6.07, 6.45) is 8.83. The monoisotopic (exact) mass is 537 g/mol. The number of aliphatic hydroxyl groups excluding tert-OH is 1. The zero-order valence-electron chi connectivity index (χ0n) is 22.8. The first-order valence-electron chi connectivity index (χ1n) is 14.2. The molecule has 1 aromatic rings. The molecule has 1 aromatic heterocycles. The number of hydrogen-bond acceptors (Lipinski definition) is 7. The van der Waals surface area contributed by atoms with Gasteiger partial charge < -0.3 is 14.6 Å². The number of thioether (sulfide) groups is 1. The maximum atomic E-state index is 14.3. The van der Waals surface area contributed by atoms with Crippen molar-refractivity contribution in [1.82, 2.24) is 4.98 Å². The number of aliphatic hydroxyl groups is 1. The third kappa shape index (κ3) is 3.75. The van der Waals surface area contributed by atoms with Crippen LogP contribution in [0.2, 0.25) is 0 Å². The zero-order chi connectivity index (χ0) is 26.9. The van der Waals surface area contributed by atoms with Gasteiger partial charge in [-0.15, -0.1) is 0 Å². The molecular formula is C31H39NO5S. The smallest absolute Gasteiger partial charge is 0.178 e. The molecule has 4 fully saturated rings. The van der Waals surface area contributed by atoms with Gasteiger partial charge in [-0.25, -0.2) is 4.98 Å². The first-order chi connectivity index (χ1) is 18.1. The summed E-state index contributed by atoms with van der Waals surface area (Å²) in [5, 5.41) is 12.7. The third-order valence-corrected chi connectivity index (χ3v) is 11.4. The summed E-state index contributed by atoms with van der Waals surface area (Å²) in [5.74, 6) is 0.775. The van der Waals surface area contributed by atoms with E-state index in [0.717, 1.165) is 48.4 Å². The van der Waals surface area contributed by atoms with Gasteiger partial charge in [0.05, 0.1) is 23.0 Å². The number of rotatable bonds is 6. The SMILES string of the molecule is CCC[C@@H]1O[C@@H]2CC3C4CCC5=CC(=O)C=CC5(C)C4[C@@H](O)CC3(C)[C@]2(C(=O)CSc2cccc(C)n2)O1. The van der Waals surface area contributed by atoms with E-state index in [9.17, 15) is 14.7 Å². The van der Waals surface area contributed by atoms with Crippen molar-refractivity contribution >= 4 is 23.3 Å². The van der Waals surface area contributed by atoms with Crippen molar-refractivity contribution < 1.29 is 24.2 Å². The van der Waals surface area contributed by atoms with Crippen molar-refractivity contribution in [3.63, 3.8) is 0 Å². The average Bonchev–Trinajstić information content (AvgIpc) is 3.35. The molecule has 5 unspecified atom stereocenters. The minimum Gasteiger partial charge on any atom is -0.393 e. The number of hydrogen-bond donors (Lipinski definition) is 1. The number of aryl methyl sites for hydroxylation is 1. The van der Waals surface area contributed by atoms with Crippen LogP contribution in [0.3, 0.4) is 0 Å². The minimum absolute atomic E-state index is 0.00760. The number of aromatic nitrogens is 1. The van der Waals surface area contributed by atoms with Crippen molar-refractivity contribution in [2.75, 3.05) is 5.75 Å². The first-order valence-corrected chi connectivity index (χ1v) is 15.2. The Morgan fingerprint density at radius 3 is 2.87 bits per heavy atom. The fourth-order valence-corrected chi connectivity index (χ4v) is 9.73. The summed E-state index contributed by atoms with van der Waals surface area (Å²) in [5.41, 5.74) is 0.107. The van der Waals surface area contributed by atoms with Crippen LogP contribution in [0.5, 0.6) is 0 Å². The predicted molar refractivity (Wildman–Crippen MR) is 145 cm³/mol. The van der Waals surface area contributed by atoms with Crippen LogP contribution in [0.25, 0.3) is 0 Å². The second-order valence-electron chi connectivity index (χ2n) is 12.5. The van der Waals surface area contributed by atoms with Crippen LogP contribution in [0.1, 0.15) is 65.0 Å². The second kappa shape index (κ2) is 9.39. The van der Waals surface area contributed by atoms with E-state index in [4.69, 9.17) is 9.47 Å². The summed E-state index contributed by atoms with van der Waals surface area (Å²) in [6.45, 7) is 8.41. The molecule has 4 aliphatic carbocycles. The molecule has 0 radical (unpaired) electrons. The quantitative estimate of drug-likeness (QED) is 0.498. The Hall–Kier alpha value is -1.80. The fourth-order valence-electron chi connectivity index (χ4n) is 8.85. The lowest BCUT2D eigenvalue weighted by Crippen LogP contribution is -2.63. The number of nitrogens with zero attached hydrogens (tertiary/aromatic N) is 1.